The predicted molar refractivity (Wildman–Crippen MR) is 95.8 cm³/mol. The molecule has 2 N–H and O–H groups in total. The van der Waals surface area contributed by atoms with Gasteiger partial charge in [0.1, 0.15) is 18.1 Å². The van der Waals surface area contributed by atoms with Gasteiger partial charge in [-0.05, 0) is 28.7 Å². The first-order valence-electron chi connectivity index (χ1n) is 7.97. The minimum Gasteiger partial charge on any atom is -0.488 e. The van der Waals surface area contributed by atoms with Gasteiger partial charge in [-0.15, -0.1) is 0 Å². The van der Waals surface area contributed by atoms with Gasteiger partial charge in [-0.3, -0.25) is 0 Å². The van der Waals surface area contributed by atoms with Gasteiger partial charge in [-0.2, -0.15) is 0 Å². The van der Waals surface area contributed by atoms with E-state index in [9.17, 15) is 0 Å². The molecule has 124 valence electrons. The highest BCUT2D eigenvalue weighted by Crippen LogP contribution is 2.35. The van der Waals surface area contributed by atoms with Gasteiger partial charge in [0, 0.05) is 11.6 Å². The molecule has 4 nitrogen and oxygen atoms in total. The van der Waals surface area contributed by atoms with Gasteiger partial charge in [-0.1, -0.05) is 62.3 Å². The highest BCUT2D eigenvalue weighted by atomic mass is 16.5. The standard InChI is InChI=1S/C20H22N2O2/c1-20(2,3)15-9-10-18(23-13-14-7-5-4-6-8-14)16(11-15)17-12-19(21)24-22-17/h4-12H,13,21H2,1-3H3. The monoisotopic (exact) mass is 322 g/mol. The molecule has 0 unspecified atom stereocenters. The molecule has 0 aliphatic heterocycles. The van der Waals surface area contributed by atoms with Crippen LogP contribution in [0.3, 0.4) is 0 Å². The average Bonchev–Trinajstić information content (AvgIpc) is 2.99. The summed E-state index contributed by atoms with van der Waals surface area (Å²) in [4.78, 5) is 0. The summed E-state index contributed by atoms with van der Waals surface area (Å²) in [7, 11) is 0. The summed E-state index contributed by atoms with van der Waals surface area (Å²) in [5.74, 6) is 1.06. The lowest BCUT2D eigenvalue weighted by Crippen LogP contribution is -2.11. The highest BCUT2D eigenvalue weighted by Gasteiger charge is 2.18. The zero-order valence-electron chi connectivity index (χ0n) is 14.2. The second-order valence-electron chi connectivity index (χ2n) is 6.85. The van der Waals surface area contributed by atoms with E-state index in [1.165, 1.54) is 5.56 Å². The maximum Gasteiger partial charge on any atom is 0.222 e. The summed E-state index contributed by atoms with van der Waals surface area (Å²) < 4.78 is 11.1. The fourth-order valence-corrected chi connectivity index (χ4v) is 2.47. The van der Waals surface area contributed by atoms with E-state index < -0.39 is 0 Å². The van der Waals surface area contributed by atoms with Crippen molar-refractivity contribution in [2.24, 2.45) is 0 Å². The summed E-state index contributed by atoms with van der Waals surface area (Å²) in [6, 6.07) is 18.0. The summed E-state index contributed by atoms with van der Waals surface area (Å²) in [6.07, 6.45) is 0. The van der Waals surface area contributed by atoms with Crippen LogP contribution in [-0.4, -0.2) is 5.16 Å². The summed E-state index contributed by atoms with van der Waals surface area (Å²) >= 11 is 0. The molecule has 3 aromatic rings. The van der Waals surface area contributed by atoms with Crippen LogP contribution in [0.1, 0.15) is 31.9 Å². The lowest BCUT2D eigenvalue weighted by molar-refractivity contribution is 0.307. The fourth-order valence-electron chi connectivity index (χ4n) is 2.47. The van der Waals surface area contributed by atoms with E-state index in [-0.39, 0.29) is 5.41 Å². The van der Waals surface area contributed by atoms with E-state index >= 15 is 0 Å². The molecule has 24 heavy (non-hydrogen) atoms. The predicted octanol–water partition coefficient (Wildman–Crippen LogP) is 4.80. The fraction of sp³-hybridized carbons (Fsp3) is 0.250. The van der Waals surface area contributed by atoms with E-state index in [0.717, 1.165) is 16.9 Å². The van der Waals surface area contributed by atoms with E-state index in [1.807, 2.05) is 36.4 Å². The van der Waals surface area contributed by atoms with Crippen LogP contribution in [0.5, 0.6) is 5.75 Å². The second-order valence-corrected chi connectivity index (χ2v) is 6.85. The number of nitrogens with zero attached hydrogens (tertiary/aromatic N) is 1. The van der Waals surface area contributed by atoms with E-state index in [1.54, 1.807) is 6.07 Å². The van der Waals surface area contributed by atoms with Crippen molar-refractivity contribution in [2.45, 2.75) is 32.8 Å². The summed E-state index contributed by atoms with van der Waals surface area (Å²) in [5, 5.41) is 4.04. The molecule has 0 saturated heterocycles. The van der Waals surface area contributed by atoms with Crippen LogP contribution in [0.2, 0.25) is 0 Å². The number of hydrogen-bond acceptors (Lipinski definition) is 4. The number of nitrogen functional groups attached to an aromatic ring is 1. The van der Waals surface area contributed by atoms with Crippen molar-refractivity contribution in [1.82, 2.24) is 5.16 Å². The molecule has 0 amide bonds. The minimum absolute atomic E-state index is 0.0298. The molecule has 0 radical (unpaired) electrons. The number of benzene rings is 2. The largest absolute Gasteiger partial charge is 0.488 e. The number of rotatable bonds is 4. The third-order valence-electron chi connectivity index (χ3n) is 3.89. The highest BCUT2D eigenvalue weighted by molar-refractivity contribution is 5.69. The summed E-state index contributed by atoms with van der Waals surface area (Å²) in [5.41, 5.74) is 9.60. The van der Waals surface area contributed by atoms with Crippen LogP contribution in [0, 0.1) is 0 Å². The molecule has 0 fully saturated rings. The molecular formula is C20H22N2O2. The minimum atomic E-state index is 0.0298. The van der Waals surface area contributed by atoms with Crippen molar-refractivity contribution >= 4 is 5.88 Å². The number of hydrogen-bond donors (Lipinski definition) is 1. The zero-order chi connectivity index (χ0) is 17.2. The number of nitrogens with two attached hydrogens (primary N) is 1. The molecule has 0 aliphatic carbocycles. The number of anilines is 1. The molecule has 0 bridgehead atoms. The van der Waals surface area contributed by atoms with Crippen LogP contribution in [0.25, 0.3) is 11.3 Å². The van der Waals surface area contributed by atoms with Gasteiger partial charge in [0.05, 0.1) is 0 Å². The first-order valence-corrected chi connectivity index (χ1v) is 7.97. The third-order valence-corrected chi connectivity index (χ3v) is 3.89. The average molecular weight is 322 g/mol. The molecule has 0 spiro atoms. The molecule has 0 atom stereocenters. The Morgan fingerprint density at radius 1 is 1.04 bits per heavy atom. The lowest BCUT2D eigenvalue weighted by Gasteiger charge is -2.21. The van der Waals surface area contributed by atoms with Gasteiger partial charge < -0.3 is 15.0 Å². The van der Waals surface area contributed by atoms with Crippen LogP contribution < -0.4 is 10.5 Å². The normalized spacial score (nSPS) is 11.5. The van der Waals surface area contributed by atoms with Gasteiger partial charge in [0.2, 0.25) is 5.88 Å². The van der Waals surface area contributed by atoms with Crippen molar-refractivity contribution in [3.05, 3.63) is 65.7 Å². The molecule has 2 aromatic carbocycles. The van der Waals surface area contributed by atoms with Crippen molar-refractivity contribution in [3.63, 3.8) is 0 Å². The van der Waals surface area contributed by atoms with Crippen LogP contribution in [0.15, 0.2) is 59.1 Å². The first kappa shape index (κ1) is 16.1. The van der Waals surface area contributed by atoms with Crippen molar-refractivity contribution in [1.29, 1.82) is 0 Å². The summed E-state index contributed by atoms with van der Waals surface area (Å²) in [6.45, 7) is 7.02. The Balaban J connectivity index is 1.95. The van der Waals surface area contributed by atoms with Crippen LogP contribution in [0.4, 0.5) is 5.88 Å². The first-order chi connectivity index (χ1) is 11.4. The smallest absolute Gasteiger partial charge is 0.222 e. The van der Waals surface area contributed by atoms with Gasteiger partial charge >= 0.3 is 0 Å². The van der Waals surface area contributed by atoms with E-state index in [2.05, 4.69) is 38.1 Å². The topological polar surface area (TPSA) is 61.3 Å². The molecular weight excluding hydrogens is 300 g/mol. The number of aromatic nitrogens is 1. The Morgan fingerprint density at radius 2 is 1.79 bits per heavy atom. The molecule has 3 rings (SSSR count). The SMILES string of the molecule is CC(C)(C)c1ccc(OCc2ccccc2)c(-c2cc(N)on2)c1. The second kappa shape index (κ2) is 6.40. The molecule has 1 heterocycles. The Bertz CT molecular complexity index is 817. The quantitative estimate of drug-likeness (QED) is 0.749. The maximum atomic E-state index is 6.03. The Kier molecular flexibility index (Phi) is 4.30. The zero-order valence-corrected chi connectivity index (χ0v) is 14.2. The van der Waals surface area contributed by atoms with E-state index in [4.69, 9.17) is 15.0 Å². The van der Waals surface area contributed by atoms with Gasteiger partial charge in [0.25, 0.3) is 0 Å². The molecule has 4 heteroatoms. The molecule has 0 saturated carbocycles. The van der Waals surface area contributed by atoms with Crippen molar-refractivity contribution in [2.75, 3.05) is 5.73 Å². The Morgan fingerprint density at radius 3 is 2.42 bits per heavy atom. The molecule has 1 aromatic heterocycles. The van der Waals surface area contributed by atoms with E-state index in [0.29, 0.717) is 18.2 Å². The Labute approximate surface area is 142 Å². The van der Waals surface area contributed by atoms with Crippen LogP contribution >= 0.6 is 0 Å². The van der Waals surface area contributed by atoms with Gasteiger partial charge in [-0.25, -0.2) is 0 Å². The van der Waals surface area contributed by atoms with Crippen LogP contribution in [-0.2, 0) is 12.0 Å². The van der Waals surface area contributed by atoms with Crippen molar-refractivity contribution < 1.29 is 9.26 Å². The molecule has 0 aliphatic rings. The maximum absolute atomic E-state index is 6.03. The van der Waals surface area contributed by atoms with Gasteiger partial charge in [0.15, 0.2) is 0 Å². The van der Waals surface area contributed by atoms with Crippen molar-refractivity contribution in [3.8, 4) is 17.0 Å². The number of ether oxygens (including phenoxy) is 1. The Hall–Kier alpha value is -2.75. The third kappa shape index (κ3) is 3.59. The lowest BCUT2D eigenvalue weighted by atomic mass is 9.85.